The molecular formula is C17H32IN3O3S. The largest absolute Gasteiger partial charge is 0.381 e. The monoisotopic (exact) mass is 485 g/mol. The van der Waals surface area contributed by atoms with E-state index in [2.05, 4.69) is 17.1 Å². The average molecular weight is 485 g/mol. The zero-order chi connectivity index (χ0) is 17.0. The first-order valence-electron chi connectivity index (χ1n) is 9.33. The van der Waals surface area contributed by atoms with Crippen LogP contribution in [0.1, 0.15) is 32.6 Å². The van der Waals surface area contributed by atoms with Crippen LogP contribution in [0.2, 0.25) is 0 Å². The molecule has 3 saturated heterocycles. The van der Waals surface area contributed by atoms with Crippen LogP contribution in [0.5, 0.6) is 0 Å². The third kappa shape index (κ3) is 6.53. The molecule has 2 unspecified atom stereocenters. The topological polar surface area (TPSA) is 71.0 Å². The molecule has 3 aliphatic heterocycles. The molecule has 0 aliphatic carbocycles. The number of hydrogen-bond donors (Lipinski definition) is 1. The van der Waals surface area contributed by atoms with Gasteiger partial charge >= 0.3 is 0 Å². The Hall–Kier alpha value is -0.0900. The Balaban J connectivity index is 0.00000225. The number of nitrogens with zero attached hydrogens (tertiary/aromatic N) is 2. The number of hydrogen-bond acceptors (Lipinski definition) is 4. The lowest BCUT2D eigenvalue weighted by molar-refractivity contribution is 0.185. The normalized spacial score (nSPS) is 30.3. The van der Waals surface area contributed by atoms with Gasteiger partial charge in [0, 0.05) is 38.7 Å². The van der Waals surface area contributed by atoms with E-state index in [4.69, 9.17) is 9.73 Å². The molecule has 0 aromatic heterocycles. The van der Waals surface area contributed by atoms with Gasteiger partial charge in [-0.3, -0.25) is 4.99 Å². The number of guanidine groups is 1. The van der Waals surface area contributed by atoms with Gasteiger partial charge in [0.1, 0.15) is 0 Å². The van der Waals surface area contributed by atoms with E-state index in [1.807, 2.05) is 0 Å². The van der Waals surface area contributed by atoms with Crippen LogP contribution in [0.25, 0.3) is 0 Å². The number of likely N-dealkylation sites (tertiary alicyclic amines) is 1. The average Bonchev–Trinajstić information content (AvgIpc) is 3.18. The van der Waals surface area contributed by atoms with Crippen LogP contribution in [-0.4, -0.2) is 70.2 Å². The van der Waals surface area contributed by atoms with Crippen LogP contribution in [0.4, 0.5) is 0 Å². The first-order chi connectivity index (χ1) is 11.5. The lowest BCUT2D eigenvalue weighted by atomic mass is 9.99. The Kier molecular flexibility index (Phi) is 8.26. The van der Waals surface area contributed by atoms with Crippen LogP contribution >= 0.6 is 24.0 Å². The van der Waals surface area contributed by atoms with E-state index in [1.165, 1.54) is 12.8 Å². The van der Waals surface area contributed by atoms with Gasteiger partial charge in [-0.2, -0.15) is 0 Å². The van der Waals surface area contributed by atoms with Gasteiger partial charge in [0.2, 0.25) is 0 Å². The third-order valence-corrected chi connectivity index (χ3v) is 7.32. The molecule has 0 aromatic carbocycles. The van der Waals surface area contributed by atoms with E-state index in [9.17, 15) is 8.42 Å². The van der Waals surface area contributed by atoms with Gasteiger partial charge in [-0.25, -0.2) is 8.42 Å². The molecular weight excluding hydrogens is 453 g/mol. The summed E-state index contributed by atoms with van der Waals surface area (Å²) in [6.45, 7) is 7.59. The zero-order valence-electron chi connectivity index (χ0n) is 15.2. The van der Waals surface area contributed by atoms with E-state index in [0.717, 1.165) is 57.6 Å². The predicted molar refractivity (Wildman–Crippen MR) is 111 cm³/mol. The first kappa shape index (κ1) is 21.2. The second-order valence-corrected chi connectivity index (χ2v) is 9.94. The Labute approximate surface area is 169 Å². The van der Waals surface area contributed by atoms with Gasteiger partial charge in [-0.1, -0.05) is 6.92 Å². The van der Waals surface area contributed by atoms with Gasteiger partial charge in [0.25, 0.3) is 0 Å². The molecule has 0 saturated carbocycles. The zero-order valence-corrected chi connectivity index (χ0v) is 18.3. The van der Waals surface area contributed by atoms with Crippen molar-refractivity contribution in [3.63, 3.8) is 0 Å². The maximum absolute atomic E-state index is 11.6. The standard InChI is InChI=1S/C17H31N3O3S.HI/c1-14-2-6-20(7-3-14)17(18-10-15-4-8-23-12-15)19-11-16-5-9-24(21,22)13-16;/h14-16H,2-13H2,1H3,(H,18,19);1H. The quantitative estimate of drug-likeness (QED) is 0.374. The summed E-state index contributed by atoms with van der Waals surface area (Å²) in [5, 5.41) is 3.54. The fourth-order valence-corrected chi connectivity index (χ4v) is 5.55. The van der Waals surface area contributed by atoms with E-state index in [1.54, 1.807) is 0 Å². The number of ether oxygens (including phenoxy) is 1. The number of sulfone groups is 1. The molecule has 0 radical (unpaired) electrons. The SMILES string of the molecule is CC1CCN(C(=NCC2CCS(=O)(=O)C2)NCC2CCOC2)CC1.I. The maximum atomic E-state index is 11.6. The van der Waals surface area contributed by atoms with E-state index in [-0.39, 0.29) is 29.9 Å². The third-order valence-electron chi connectivity index (χ3n) is 5.48. The highest BCUT2D eigenvalue weighted by Gasteiger charge is 2.28. The van der Waals surface area contributed by atoms with E-state index < -0.39 is 9.84 Å². The highest BCUT2D eigenvalue weighted by molar-refractivity contribution is 14.0. The molecule has 0 spiro atoms. The van der Waals surface area contributed by atoms with Crippen molar-refractivity contribution in [3.8, 4) is 0 Å². The predicted octanol–water partition coefficient (Wildman–Crippen LogP) is 1.75. The minimum atomic E-state index is -2.82. The summed E-state index contributed by atoms with van der Waals surface area (Å²) in [5.41, 5.74) is 0. The Morgan fingerprint density at radius 1 is 1.20 bits per heavy atom. The molecule has 0 aromatic rings. The van der Waals surface area contributed by atoms with Gasteiger partial charge in [-0.15, -0.1) is 24.0 Å². The molecule has 0 amide bonds. The highest BCUT2D eigenvalue weighted by Crippen LogP contribution is 2.20. The molecule has 0 bridgehead atoms. The summed E-state index contributed by atoms with van der Waals surface area (Å²) >= 11 is 0. The number of piperidine rings is 1. The second kappa shape index (κ2) is 9.73. The number of nitrogens with one attached hydrogen (secondary N) is 1. The molecule has 3 rings (SSSR count). The molecule has 146 valence electrons. The summed E-state index contributed by atoms with van der Waals surface area (Å²) in [6, 6.07) is 0. The van der Waals surface area contributed by atoms with Gasteiger partial charge in [-0.05, 0) is 37.5 Å². The molecule has 3 aliphatic rings. The fourth-order valence-electron chi connectivity index (χ4n) is 3.70. The van der Waals surface area contributed by atoms with Crippen molar-refractivity contribution in [2.45, 2.75) is 32.6 Å². The van der Waals surface area contributed by atoms with E-state index in [0.29, 0.717) is 24.0 Å². The van der Waals surface area contributed by atoms with Crippen molar-refractivity contribution in [2.24, 2.45) is 22.7 Å². The lowest BCUT2D eigenvalue weighted by Crippen LogP contribution is -2.47. The van der Waals surface area contributed by atoms with Gasteiger partial charge in [0.05, 0.1) is 18.1 Å². The first-order valence-corrected chi connectivity index (χ1v) is 11.2. The Bertz CT molecular complexity index is 541. The van der Waals surface area contributed by atoms with Crippen molar-refractivity contribution in [3.05, 3.63) is 0 Å². The maximum Gasteiger partial charge on any atom is 0.193 e. The highest BCUT2D eigenvalue weighted by atomic mass is 127. The second-order valence-electron chi connectivity index (χ2n) is 7.71. The minimum Gasteiger partial charge on any atom is -0.381 e. The molecule has 6 nitrogen and oxygen atoms in total. The van der Waals surface area contributed by atoms with Gasteiger partial charge < -0.3 is 15.0 Å². The fraction of sp³-hybridized carbons (Fsp3) is 0.941. The Morgan fingerprint density at radius 3 is 2.56 bits per heavy atom. The van der Waals surface area contributed by atoms with Crippen LogP contribution in [0.3, 0.4) is 0 Å². The van der Waals surface area contributed by atoms with Crippen LogP contribution in [-0.2, 0) is 14.6 Å². The molecule has 2 atom stereocenters. The smallest absolute Gasteiger partial charge is 0.193 e. The minimum absolute atomic E-state index is 0. The summed E-state index contributed by atoms with van der Waals surface area (Å²) in [5.74, 6) is 3.13. The summed E-state index contributed by atoms with van der Waals surface area (Å²) in [6.07, 6.45) is 4.26. The molecule has 1 N–H and O–H groups in total. The number of halogens is 1. The van der Waals surface area contributed by atoms with Crippen molar-refractivity contribution in [1.82, 2.24) is 10.2 Å². The van der Waals surface area contributed by atoms with Crippen LogP contribution < -0.4 is 5.32 Å². The van der Waals surface area contributed by atoms with Crippen molar-refractivity contribution in [1.29, 1.82) is 0 Å². The van der Waals surface area contributed by atoms with Crippen molar-refractivity contribution < 1.29 is 13.2 Å². The number of rotatable bonds is 4. The van der Waals surface area contributed by atoms with Crippen LogP contribution in [0, 0.1) is 17.8 Å². The van der Waals surface area contributed by atoms with Gasteiger partial charge in [0.15, 0.2) is 15.8 Å². The molecule has 3 heterocycles. The molecule has 25 heavy (non-hydrogen) atoms. The molecule has 3 fully saturated rings. The van der Waals surface area contributed by atoms with Crippen molar-refractivity contribution >= 4 is 39.8 Å². The Morgan fingerprint density at radius 2 is 1.96 bits per heavy atom. The molecule has 8 heteroatoms. The van der Waals surface area contributed by atoms with Crippen LogP contribution in [0.15, 0.2) is 4.99 Å². The number of aliphatic imine (C=N–C) groups is 1. The summed E-state index contributed by atoms with van der Waals surface area (Å²) in [7, 11) is -2.82. The van der Waals surface area contributed by atoms with E-state index >= 15 is 0 Å². The summed E-state index contributed by atoms with van der Waals surface area (Å²) in [4.78, 5) is 7.15. The lowest BCUT2D eigenvalue weighted by Gasteiger charge is -2.33. The van der Waals surface area contributed by atoms with Crippen molar-refractivity contribution in [2.75, 3.05) is 50.9 Å². The summed E-state index contributed by atoms with van der Waals surface area (Å²) < 4.78 is 28.7.